The molecular formula is C13H18FNO2. The molecule has 94 valence electrons. The summed E-state index contributed by atoms with van der Waals surface area (Å²) in [6, 6.07) is 5.07. The lowest BCUT2D eigenvalue weighted by atomic mass is 10.1. The fourth-order valence-electron chi connectivity index (χ4n) is 1.44. The molecule has 1 N–H and O–H groups in total. The van der Waals surface area contributed by atoms with Crippen molar-refractivity contribution in [2.75, 3.05) is 13.7 Å². The molecule has 0 atom stereocenters. The number of ketones is 1. The molecule has 0 saturated carbocycles. The SMILES string of the molecule is COc1cccc(CC(=O)CNC(C)C)c1F. The lowest BCUT2D eigenvalue weighted by molar-refractivity contribution is -0.117. The second kappa shape index (κ2) is 6.35. The summed E-state index contributed by atoms with van der Waals surface area (Å²) < 4.78 is 18.6. The highest BCUT2D eigenvalue weighted by molar-refractivity contribution is 5.82. The second-order valence-corrected chi connectivity index (χ2v) is 4.18. The number of carbonyl (C=O) groups excluding carboxylic acids is 1. The fourth-order valence-corrected chi connectivity index (χ4v) is 1.44. The maximum absolute atomic E-state index is 13.7. The van der Waals surface area contributed by atoms with Gasteiger partial charge in [-0.2, -0.15) is 0 Å². The summed E-state index contributed by atoms with van der Waals surface area (Å²) in [6.45, 7) is 4.17. The second-order valence-electron chi connectivity index (χ2n) is 4.18. The molecule has 0 unspecified atom stereocenters. The van der Waals surface area contributed by atoms with Gasteiger partial charge in [-0.25, -0.2) is 4.39 Å². The Kier molecular flexibility index (Phi) is 5.10. The number of carbonyl (C=O) groups is 1. The molecule has 0 aromatic heterocycles. The van der Waals surface area contributed by atoms with E-state index in [2.05, 4.69) is 5.32 Å². The van der Waals surface area contributed by atoms with Crippen molar-refractivity contribution in [2.24, 2.45) is 0 Å². The van der Waals surface area contributed by atoms with Crippen LogP contribution in [0.4, 0.5) is 4.39 Å². The molecule has 0 aliphatic heterocycles. The van der Waals surface area contributed by atoms with Gasteiger partial charge in [-0.1, -0.05) is 26.0 Å². The molecule has 1 aromatic rings. The average molecular weight is 239 g/mol. The number of ether oxygens (including phenoxy) is 1. The van der Waals surface area contributed by atoms with Crippen LogP contribution in [0.1, 0.15) is 19.4 Å². The minimum atomic E-state index is -0.451. The molecule has 0 aliphatic carbocycles. The summed E-state index contributed by atoms with van der Waals surface area (Å²) in [4.78, 5) is 11.6. The van der Waals surface area contributed by atoms with Crippen molar-refractivity contribution in [2.45, 2.75) is 26.3 Å². The smallest absolute Gasteiger partial charge is 0.168 e. The van der Waals surface area contributed by atoms with E-state index in [4.69, 9.17) is 4.74 Å². The van der Waals surface area contributed by atoms with E-state index in [1.165, 1.54) is 13.2 Å². The number of halogens is 1. The Labute approximate surface area is 101 Å². The molecule has 4 heteroatoms. The first-order valence-corrected chi connectivity index (χ1v) is 5.61. The molecule has 1 rings (SSSR count). The fraction of sp³-hybridized carbons (Fsp3) is 0.462. The largest absolute Gasteiger partial charge is 0.494 e. The van der Waals surface area contributed by atoms with Crippen molar-refractivity contribution >= 4 is 5.78 Å². The summed E-state index contributed by atoms with van der Waals surface area (Å²) in [5.41, 5.74) is 0.375. The van der Waals surface area contributed by atoms with E-state index < -0.39 is 5.82 Å². The monoisotopic (exact) mass is 239 g/mol. The van der Waals surface area contributed by atoms with Gasteiger partial charge in [0.25, 0.3) is 0 Å². The van der Waals surface area contributed by atoms with E-state index in [-0.39, 0.29) is 30.5 Å². The van der Waals surface area contributed by atoms with Gasteiger partial charge in [0.2, 0.25) is 0 Å². The highest BCUT2D eigenvalue weighted by Gasteiger charge is 2.12. The van der Waals surface area contributed by atoms with E-state index in [0.717, 1.165) is 0 Å². The molecule has 0 fully saturated rings. The molecule has 17 heavy (non-hydrogen) atoms. The molecular weight excluding hydrogens is 221 g/mol. The Morgan fingerprint density at radius 3 is 2.76 bits per heavy atom. The lowest BCUT2D eigenvalue weighted by Crippen LogP contribution is -2.30. The van der Waals surface area contributed by atoms with Crippen molar-refractivity contribution in [3.05, 3.63) is 29.6 Å². The number of Topliss-reactive ketones (excluding diaryl/α,β-unsaturated/α-hetero) is 1. The predicted molar refractivity (Wildman–Crippen MR) is 64.8 cm³/mol. The molecule has 0 saturated heterocycles. The van der Waals surface area contributed by atoms with E-state index in [0.29, 0.717) is 5.56 Å². The first-order valence-electron chi connectivity index (χ1n) is 5.61. The van der Waals surface area contributed by atoms with Gasteiger partial charge in [-0.15, -0.1) is 0 Å². The van der Waals surface area contributed by atoms with Crippen LogP contribution in [0.15, 0.2) is 18.2 Å². The van der Waals surface area contributed by atoms with Crippen LogP contribution in [0.5, 0.6) is 5.75 Å². The Morgan fingerprint density at radius 2 is 2.18 bits per heavy atom. The summed E-state index contributed by atoms with van der Waals surface area (Å²) in [7, 11) is 1.41. The maximum Gasteiger partial charge on any atom is 0.168 e. The normalized spacial score (nSPS) is 10.6. The van der Waals surface area contributed by atoms with Crippen LogP contribution in [-0.4, -0.2) is 25.5 Å². The third kappa shape index (κ3) is 4.15. The van der Waals surface area contributed by atoms with Crippen molar-refractivity contribution in [3.63, 3.8) is 0 Å². The average Bonchev–Trinajstić information content (AvgIpc) is 2.29. The molecule has 3 nitrogen and oxygen atoms in total. The Morgan fingerprint density at radius 1 is 1.47 bits per heavy atom. The van der Waals surface area contributed by atoms with Gasteiger partial charge in [0.05, 0.1) is 13.7 Å². The summed E-state index contributed by atoms with van der Waals surface area (Å²) >= 11 is 0. The van der Waals surface area contributed by atoms with Crippen LogP contribution in [0.25, 0.3) is 0 Å². The van der Waals surface area contributed by atoms with Crippen LogP contribution < -0.4 is 10.1 Å². The van der Waals surface area contributed by atoms with Gasteiger partial charge in [0, 0.05) is 12.5 Å². The van der Waals surface area contributed by atoms with Crippen LogP contribution in [0.3, 0.4) is 0 Å². The number of nitrogens with one attached hydrogen (secondary N) is 1. The number of hydrogen-bond acceptors (Lipinski definition) is 3. The van der Waals surface area contributed by atoms with E-state index in [1.54, 1.807) is 12.1 Å². The topological polar surface area (TPSA) is 38.3 Å². The summed E-state index contributed by atoms with van der Waals surface area (Å²) in [5.74, 6) is -0.314. The first kappa shape index (κ1) is 13.6. The predicted octanol–water partition coefficient (Wildman–Crippen LogP) is 1.94. The highest BCUT2D eigenvalue weighted by atomic mass is 19.1. The number of methoxy groups -OCH3 is 1. The van der Waals surface area contributed by atoms with E-state index in [9.17, 15) is 9.18 Å². The highest BCUT2D eigenvalue weighted by Crippen LogP contribution is 2.20. The van der Waals surface area contributed by atoms with Crippen LogP contribution in [0.2, 0.25) is 0 Å². The van der Waals surface area contributed by atoms with Crippen LogP contribution in [-0.2, 0) is 11.2 Å². The van der Waals surface area contributed by atoms with Gasteiger partial charge in [-0.05, 0) is 11.6 Å². The Hall–Kier alpha value is -1.42. The van der Waals surface area contributed by atoms with Crippen molar-refractivity contribution < 1.29 is 13.9 Å². The van der Waals surface area contributed by atoms with Crippen molar-refractivity contribution in [1.29, 1.82) is 0 Å². The molecule has 0 spiro atoms. The van der Waals surface area contributed by atoms with Crippen molar-refractivity contribution in [3.8, 4) is 5.75 Å². The van der Waals surface area contributed by atoms with Crippen LogP contribution in [0, 0.1) is 5.82 Å². The quantitative estimate of drug-likeness (QED) is 0.824. The molecule has 0 radical (unpaired) electrons. The third-order valence-electron chi connectivity index (χ3n) is 2.36. The summed E-state index contributed by atoms with van der Waals surface area (Å²) in [6.07, 6.45) is 0.0861. The molecule has 0 heterocycles. The molecule has 0 aliphatic rings. The zero-order chi connectivity index (χ0) is 12.8. The summed E-state index contributed by atoms with van der Waals surface area (Å²) in [5, 5.41) is 3.01. The first-order chi connectivity index (χ1) is 8.04. The number of benzene rings is 1. The zero-order valence-corrected chi connectivity index (χ0v) is 10.4. The Balaban J connectivity index is 2.65. The minimum absolute atomic E-state index is 0.0362. The Bertz CT molecular complexity index is 391. The third-order valence-corrected chi connectivity index (χ3v) is 2.36. The standard InChI is InChI=1S/C13H18FNO2/c1-9(2)15-8-11(16)7-10-5-4-6-12(17-3)13(10)14/h4-6,9,15H,7-8H2,1-3H3. The minimum Gasteiger partial charge on any atom is -0.494 e. The van der Waals surface area contributed by atoms with Gasteiger partial charge in [0.15, 0.2) is 17.3 Å². The number of hydrogen-bond donors (Lipinski definition) is 1. The van der Waals surface area contributed by atoms with Gasteiger partial charge >= 0.3 is 0 Å². The van der Waals surface area contributed by atoms with Gasteiger partial charge < -0.3 is 10.1 Å². The van der Waals surface area contributed by atoms with Gasteiger partial charge in [-0.3, -0.25) is 4.79 Å². The van der Waals surface area contributed by atoms with E-state index in [1.807, 2.05) is 13.8 Å². The number of rotatable bonds is 6. The van der Waals surface area contributed by atoms with Crippen molar-refractivity contribution in [1.82, 2.24) is 5.32 Å². The zero-order valence-electron chi connectivity index (χ0n) is 10.4. The van der Waals surface area contributed by atoms with E-state index >= 15 is 0 Å². The van der Waals surface area contributed by atoms with Crippen LogP contribution >= 0.6 is 0 Å². The maximum atomic E-state index is 13.7. The molecule has 0 amide bonds. The molecule has 1 aromatic carbocycles. The lowest BCUT2D eigenvalue weighted by Gasteiger charge is -2.09. The molecule has 0 bridgehead atoms. The van der Waals surface area contributed by atoms with Gasteiger partial charge in [0.1, 0.15) is 0 Å².